The van der Waals surface area contributed by atoms with Crippen LogP contribution in [0.5, 0.6) is 5.75 Å². The number of aromatic nitrogens is 2. The van der Waals surface area contributed by atoms with Crippen molar-refractivity contribution in [2.45, 2.75) is 45.6 Å². The van der Waals surface area contributed by atoms with Gasteiger partial charge in [0.25, 0.3) is 0 Å². The number of hydrogen-bond acceptors (Lipinski definition) is 4. The minimum atomic E-state index is 0.148. The van der Waals surface area contributed by atoms with Gasteiger partial charge in [-0.2, -0.15) is 0 Å². The third-order valence-electron chi connectivity index (χ3n) is 3.68. The summed E-state index contributed by atoms with van der Waals surface area (Å²) >= 11 is 0. The van der Waals surface area contributed by atoms with Gasteiger partial charge in [-0.25, -0.2) is 9.97 Å². The van der Waals surface area contributed by atoms with E-state index < -0.39 is 0 Å². The van der Waals surface area contributed by atoms with E-state index in [0.717, 1.165) is 35.4 Å². The van der Waals surface area contributed by atoms with E-state index in [1.807, 2.05) is 38.1 Å². The first-order chi connectivity index (χ1) is 10.1. The van der Waals surface area contributed by atoms with E-state index in [-0.39, 0.29) is 6.10 Å². The number of nitrogens with two attached hydrogens (primary N) is 1. The Morgan fingerprint density at radius 1 is 1.14 bits per heavy atom. The Morgan fingerprint density at radius 2 is 1.95 bits per heavy atom. The predicted octanol–water partition coefficient (Wildman–Crippen LogP) is 3.39. The monoisotopic (exact) mass is 283 g/mol. The number of rotatable bonds is 3. The van der Waals surface area contributed by atoms with Gasteiger partial charge in [0.05, 0.1) is 6.10 Å². The topological polar surface area (TPSA) is 61.0 Å². The van der Waals surface area contributed by atoms with Gasteiger partial charge in [-0.1, -0.05) is 12.1 Å². The van der Waals surface area contributed by atoms with Crippen LogP contribution in [-0.4, -0.2) is 16.1 Å². The van der Waals surface area contributed by atoms with Gasteiger partial charge in [-0.15, -0.1) is 0 Å². The van der Waals surface area contributed by atoms with Crippen molar-refractivity contribution >= 4 is 5.82 Å². The quantitative estimate of drug-likeness (QED) is 0.938. The molecule has 0 unspecified atom stereocenters. The molecule has 1 aromatic heterocycles. The first-order valence-corrected chi connectivity index (χ1v) is 7.56. The maximum absolute atomic E-state index is 6.12. The second-order valence-corrected chi connectivity index (χ2v) is 5.76. The van der Waals surface area contributed by atoms with Crippen LogP contribution in [0.15, 0.2) is 24.3 Å². The highest BCUT2D eigenvalue weighted by molar-refractivity contribution is 5.61. The fourth-order valence-corrected chi connectivity index (χ4v) is 2.73. The zero-order valence-electron chi connectivity index (χ0n) is 12.6. The summed E-state index contributed by atoms with van der Waals surface area (Å²) in [5, 5.41) is 0. The summed E-state index contributed by atoms with van der Waals surface area (Å²) in [6, 6.07) is 7.89. The molecular weight excluding hydrogens is 262 g/mol. The molecule has 0 aliphatic heterocycles. The molecule has 21 heavy (non-hydrogen) atoms. The number of hydrogen-bond donors (Lipinski definition) is 1. The third kappa shape index (κ3) is 2.99. The number of nitrogens with zero attached hydrogens (tertiary/aromatic N) is 2. The molecule has 110 valence electrons. The van der Waals surface area contributed by atoms with Crippen LogP contribution in [0, 0.1) is 0 Å². The molecule has 3 rings (SSSR count). The predicted molar refractivity (Wildman–Crippen MR) is 84.3 cm³/mol. The number of anilines is 1. The van der Waals surface area contributed by atoms with Gasteiger partial charge in [-0.3, -0.25) is 0 Å². The zero-order valence-corrected chi connectivity index (χ0v) is 12.6. The van der Waals surface area contributed by atoms with Crippen molar-refractivity contribution in [3.63, 3.8) is 0 Å². The van der Waals surface area contributed by atoms with E-state index in [1.165, 1.54) is 12.8 Å². The van der Waals surface area contributed by atoms with Gasteiger partial charge in [0.15, 0.2) is 5.82 Å². The molecule has 1 aromatic carbocycles. The van der Waals surface area contributed by atoms with Gasteiger partial charge in [-0.05, 0) is 51.7 Å². The van der Waals surface area contributed by atoms with Crippen molar-refractivity contribution < 1.29 is 4.74 Å². The summed E-state index contributed by atoms with van der Waals surface area (Å²) < 4.78 is 5.73. The number of benzene rings is 1. The highest BCUT2D eigenvalue weighted by Gasteiger charge is 2.17. The Morgan fingerprint density at radius 3 is 2.76 bits per heavy atom. The smallest absolute Gasteiger partial charge is 0.161 e. The molecule has 0 radical (unpaired) electrons. The molecule has 0 spiro atoms. The van der Waals surface area contributed by atoms with E-state index in [0.29, 0.717) is 11.6 Å². The normalized spacial score (nSPS) is 14.0. The van der Waals surface area contributed by atoms with Crippen molar-refractivity contribution in [2.24, 2.45) is 0 Å². The summed E-state index contributed by atoms with van der Waals surface area (Å²) in [7, 11) is 0. The van der Waals surface area contributed by atoms with Crippen molar-refractivity contribution in [2.75, 3.05) is 5.73 Å². The van der Waals surface area contributed by atoms with Crippen molar-refractivity contribution in [3.8, 4) is 17.1 Å². The second kappa shape index (κ2) is 5.72. The van der Waals surface area contributed by atoms with Crippen LogP contribution < -0.4 is 10.5 Å². The SMILES string of the molecule is CC(C)Oc1cccc(-c2nc(N)c3c(n2)CCCC3)c1. The van der Waals surface area contributed by atoms with Gasteiger partial charge in [0.2, 0.25) is 0 Å². The molecule has 1 aliphatic carbocycles. The van der Waals surface area contributed by atoms with Gasteiger partial charge < -0.3 is 10.5 Å². The molecule has 0 atom stereocenters. The van der Waals surface area contributed by atoms with E-state index in [2.05, 4.69) is 4.98 Å². The van der Waals surface area contributed by atoms with E-state index in [4.69, 9.17) is 15.5 Å². The molecule has 0 saturated carbocycles. The first kappa shape index (κ1) is 13.9. The van der Waals surface area contributed by atoms with Crippen LogP contribution in [0.3, 0.4) is 0 Å². The lowest BCUT2D eigenvalue weighted by molar-refractivity contribution is 0.242. The average molecular weight is 283 g/mol. The Kier molecular flexibility index (Phi) is 3.78. The van der Waals surface area contributed by atoms with Gasteiger partial charge in [0, 0.05) is 16.8 Å². The minimum Gasteiger partial charge on any atom is -0.491 e. The Labute approximate surface area is 125 Å². The molecule has 4 heteroatoms. The standard InChI is InChI=1S/C17H21N3O/c1-11(2)21-13-7-5-6-12(10-13)17-19-15-9-4-3-8-14(15)16(18)20-17/h5-7,10-11H,3-4,8-9H2,1-2H3,(H2,18,19,20). The maximum atomic E-state index is 6.12. The molecule has 1 heterocycles. The Hall–Kier alpha value is -2.10. The third-order valence-corrected chi connectivity index (χ3v) is 3.68. The number of aryl methyl sites for hydroxylation is 1. The van der Waals surface area contributed by atoms with Crippen molar-refractivity contribution in [1.29, 1.82) is 0 Å². The van der Waals surface area contributed by atoms with Crippen molar-refractivity contribution in [3.05, 3.63) is 35.5 Å². The molecule has 2 N–H and O–H groups in total. The molecule has 0 fully saturated rings. The molecule has 0 saturated heterocycles. The van der Waals surface area contributed by atoms with E-state index in [9.17, 15) is 0 Å². The fraction of sp³-hybridized carbons (Fsp3) is 0.412. The highest BCUT2D eigenvalue weighted by Crippen LogP contribution is 2.28. The number of nitrogen functional groups attached to an aromatic ring is 1. The Bertz CT molecular complexity index is 652. The summed E-state index contributed by atoms with van der Waals surface area (Å²) in [4.78, 5) is 9.21. The molecule has 4 nitrogen and oxygen atoms in total. The van der Waals surface area contributed by atoms with Crippen LogP contribution in [0.2, 0.25) is 0 Å². The molecular formula is C17H21N3O. The maximum Gasteiger partial charge on any atom is 0.161 e. The molecule has 0 amide bonds. The highest BCUT2D eigenvalue weighted by atomic mass is 16.5. The zero-order chi connectivity index (χ0) is 14.8. The average Bonchev–Trinajstić information content (AvgIpc) is 2.47. The largest absolute Gasteiger partial charge is 0.491 e. The van der Waals surface area contributed by atoms with Crippen LogP contribution in [0.4, 0.5) is 5.82 Å². The fourth-order valence-electron chi connectivity index (χ4n) is 2.73. The van der Waals surface area contributed by atoms with E-state index in [1.54, 1.807) is 0 Å². The first-order valence-electron chi connectivity index (χ1n) is 7.56. The Balaban J connectivity index is 1.98. The summed E-state index contributed by atoms with van der Waals surface area (Å²) in [6.07, 6.45) is 4.50. The van der Waals surface area contributed by atoms with E-state index >= 15 is 0 Å². The van der Waals surface area contributed by atoms with Crippen molar-refractivity contribution in [1.82, 2.24) is 9.97 Å². The van der Waals surface area contributed by atoms with Crippen LogP contribution in [0.1, 0.15) is 37.9 Å². The lowest BCUT2D eigenvalue weighted by Crippen LogP contribution is -2.12. The van der Waals surface area contributed by atoms with Gasteiger partial charge >= 0.3 is 0 Å². The summed E-state index contributed by atoms with van der Waals surface area (Å²) in [5.74, 6) is 2.16. The minimum absolute atomic E-state index is 0.148. The van der Waals surface area contributed by atoms with Gasteiger partial charge in [0.1, 0.15) is 11.6 Å². The summed E-state index contributed by atoms with van der Waals surface area (Å²) in [6.45, 7) is 4.03. The lowest BCUT2D eigenvalue weighted by atomic mass is 9.96. The second-order valence-electron chi connectivity index (χ2n) is 5.76. The van der Waals surface area contributed by atoms with Crippen LogP contribution >= 0.6 is 0 Å². The van der Waals surface area contributed by atoms with Crippen LogP contribution in [0.25, 0.3) is 11.4 Å². The van der Waals surface area contributed by atoms with Crippen LogP contribution in [-0.2, 0) is 12.8 Å². The number of ether oxygens (including phenoxy) is 1. The molecule has 0 bridgehead atoms. The summed E-state index contributed by atoms with van der Waals surface area (Å²) in [5.41, 5.74) is 9.32. The number of fused-ring (bicyclic) bond motifs is 1. The molecule has 2 aromatic rings. The lowest BCUT2D eigenvalue weighted by Gasteiger charge is -2.17. The molecule has 1 aliphatic rings.